The van der Waals surface area contributed by atoms with Gasteiger partial charge in [0.15, 0.2) is 0 Å². The molecule has 0 aliphatic carbocycles. The summed E-state index contributed by atoms with van der Waals surface area (Å²) in [7, 11) is 0. The minimum absolute atomic E-state index is 0.750. The first-order valence-corrected chi connectivity index (χ1v) is 16.7. The zero-order valence-electron chi connectivity index (χ0n) is 24.6. The minimum atomic E-state index is 0.750. The summed E-state index contributed by atoms with van der Waals surface area (Å²) in [5.41, 5.74) is 5.46. The maximum atomic E-state index is 5.55. The van der Waals surface area contributed by atoms with Crippen LogP contribution in [0, 0.1) is 0 Å². The van der Waals surface area contributed by atoms with Crippen molar-refractivity contribution in [1.29, 1.82) is 0 Å². The summed E-state index contributed by atoms with van der Waals surface area (Å²) in [4.78, 5) is 0. The van der Waals surface area contributed by atoms with Crippen LogP contribution < -0.4 is 5.73 Å². The number of nitrogens with two attached hydrogens (primary N) is 1. The summed E-state index contributed by atoms with van der Waals surface area (Å²) in [6, 6.07) is 0. The number of hydrogen-bond donors (Lipinski definition) is 1. The molecule has 0 bridgehead atoms. The van der Waals surface area contributed by atoms with E-state index in [-0.39, 0.29) is 0 Å². The molecule has 0 rings (SSSR count). The highest BCUT2D eigenvalue weighted by molar-refractivity contribution is 4.52. The van der Waals surface area contributed by atoms with Crippen LogP contribution >= 0.6 is 0 Å². The molecule has 0 aliphatic heterocycles. The van der Waals surface area contributed by atoms with Gasteiger partial charge in [0, 0.05) is 13.2 Å². The SMILES string of the molecule is CCCCCCCCCCCCCCCCCCCCCCCCCCCCCCOCCCN. The molecule has 212 valence electrons. The molecule has 2 nitrogen and oxygen atoms in total. The van der Waals surface area contributed by atoms with Gasteiger partial charge in [-0.1, -0.05) is 180 Å². The molecule has 0 aromatic heterocycles. The van der Waals surface area contributed by atoms with Gasteiger partial charge >= 0.3 is 0 Å². The fraction of sp³-hybridized carbons (Fsp3) is 1.00. The zero-order chi connectivity index (χ0) is 25.3. The summed E-state index contributed by atoms with van der Waals surface area (Å²) in [6.45, 7) is 4.83. The smallest absolute Gasteiger partial charge is 0.0478 e. The Bertz CT molecular complexity index is 314. The van der Waals surface area contributed by atoms with Crippen molar-refractivity contribution >= 4 is 0 Å². The molecule has 0 unspecified atom stereocenters. The Morgan fingerprint density at radius 2 is 0.543 bits per heavy atom. The molecular weight excluding hydrogens is 426 g/mol. The quantitative estimate of drug-likeness (QED) is 0.0941. The van der Waals surface area contributed by atoms with Gasteiger partial charge in [-0.3, -0.25) is 0 Å². The molecule has 2 N–H and O–H groups in total. The van der Waals surface area contributed by atoms with Gasteiger partial charge in [0.1, 0.15) is 0 Å². The summed E-state index contributed by atoms with van der Waals surface area (Å²) in [5, 5.41) is 0. The molecular formula is C33H69NO. The normalized spacial score (nSPS) is 11.5. The molecule has 0 atom stereocenters. The summed E-state index contributed by atoms with van der Waals surface area (Å²) in [5.74, 6) is 0. The Labute approximate surface area is 223 Å². The van der Waals surface area contributed by atoms with E-state index in [4.69, 9.17) is 10.5 Å². The fourth-order valence-electron chi connectivity index (χ4n) is 5.16. The highest BCUT2D eigenvalue weighted by Crippen LogP contribution is 2.16. The van der Waals surface area contributed by atoms with E-state index in [1.54, 1.807) is 0 Å². The molecule has 0 aromatic carbocycles. The first kappa shape index (κ1) is 34.9. The van der Waals surface area contributed by atoms with Crippen molar-refractivity contribution in [3.05, 3.63) is 0 Å². The van der Waals surface area contributed by atoms with Gasteiger partial charge in [-0.2, -0.15) is 0 Å². The first-order chi connectivity index (χ1) is 17.4. The highest BCUT2D eigenvalue weighted by atomic mass is 16.5. The Morgan fingerprint density at radius 3 is 0.800 bits per heavy atom. The van der Waals surface area contributed by atoms with Crippen LogP contribution in [-0.2, 0) is 4.74 Å². The molecule has 2 heteroatoms. The molecule has 0 aliphatic rings. The Hall–Kier alpha value is -0.0800. The molecule has 0 spiro atoms. The van der Waals surface area contributed by atoms with E-state index in [0.717, 1.165) is 26.2 Å². The third-order valence-corrected chi connectivity index (χ3v) is 7.64. The second-order valence-corrected chi connectivity index (χ2v) is 11.3. The average Bonchev–Trinajstić information content (AvgIpc) is 2.87. The van der Waals surface area contributed by atoms with Gasteiger partial charge in [-0.15, -0.1) is 0 Å². The van der Waals surface area contributed by atoms with Crippen molar-refractivity contribution in [1.82, 2.24) is 0 Å². The number of unbranched alkanes of at least 4 members (excludes halogenated alkanes) is 27. The lowest BCUT2D eigenvalue weighted by Crippen LogP contribution is -2.04. The largest absolute Gasteiger partial charge is 0.381 e. The van der Waals surface area contributed by atoms with Crippen LogP contribution in [0.25, 0.3) is 0 Å². The first-order valence-electron chi connectivity index (χ1n) is 16.7. The van der Waals surface area contributed by atoms with Crippen molar-refractivity contribution in [2.45, 2.75) is 193 Å². The van der Waals surface area contributed by atoms with E-state index < -0.39 is 0 Å². The maximum absolute atomic E-state index is 5.55. The average molecular weight is 496 g/mol. The van der Waals surface area contributed by atoms with Crippen LogP contribution in [0.2, 0.25) is 0 Å². The molecule has 35 heavy (non-hydrogen) atoms. The molecule has 0 heterocycles. The summed E-state index contributed by atoms with van der Waals surface area (Å²) < 4.78 is 5.55. The van der Waals surface area contributed by atoms with Crippen LogP contribution in [0.3, 0.4) is 0 Å². The highest BCUT2D eigenvalue weighted by Gasteiger charge is 1.97. The van der Waals surface area contributed by atoms with Gasteiger partial charge < -0.3 is 10.5 Å². The summed E-state index contributed by atoms with van der Waals surface area (Å²) in [6.07, 6.45) is 41.7. The zero-order valence-corrected chi connectivity index (χ0v) is 24.6. The molecule has 0 saturated carbocycles. The van der Waals surface area contributed by atoms with Crippen molar-refractivity contribution < 1.29 is 4.74 Å². The van der Waals surface area contributed by atoms with Gasteiger partial charge in [0.05, 0.1) is 0 Å². The molecule has 0 saturated heterocycles. The van der Waals surface area contributed by atoms with Crippen LogP contribution in [-0.4, -0.2) is 19.8 Å². The van der Waals surface area contributed by atoms with Crippen molar-refractivity contribution in [2.75, 3.05) is 19.8 Å². The van der Waals surface area contributed by atoms with Crippen molar-refractivity contribution in [3.63, 3.8) is 0 Å². The van der Waals surface area contributed by atoms with E-state index in [1.807, 2.05) is 0 Å². The van der Waals surface area contributed by atoms with Gasteiger partial charge in [-0.25, -0.2) is 0 Å². The molecule has 0 radical (unpaired) electrons. The van der Waals surface area contributed by atoms with E-state index in [9.17, 15) is 0 Å². The standard InChI is InChI=1S/C33H69NO/c1-2-3-4-5-6-7-8-9-10-11-12-13-14-15-16-17-18-19-20-21-22-23-24-25-26-27-28-29-32-35-33-30-31-34/h2-34H2,1H3. The van der Waals surface area contributed by atoms with Gasteiger partial charge in [0.25, 0.3) is 0 Å². The van der Waals surface area contributed by atoms with E-state index in [2.05, 4.69) is 6.92 Å². The lowest BCUT2D eigenvalue weighted by atomic mass is 10.0. The minimum Gasteiger partial charge on any atom is -0.381 e. The molecule has 0 fully saturated rings. The van der Waals surface area contributed by atoms with E-state index >= 15 is 0 Å². The van der Waals surface area contributed by atoms with Gasteiger partial charge in [-0.05, 0) is 19.4 Å². The van der Waals surface area contributed by atoms with Crippen LogP contribution in [0.5, 0.6) is 0 Å². The summed E-state index contributed by atoms with van der Waals surface area (Å²) >= 11 is 0. The second-order valence-electron chi connectivity index (χ2n) is 11.3. The Kier molecular flexibility index (Phi) is 33.8. The Morgan fingerprint density at radius 1 is 0.314 bits per heavy atom. The van der Waals surface area contributed by atoms with Crippen LogP contribution in [0.15, 0.2) is 0 Å². The third-order valence-electron chi connectivity index (χ3n) is 7.64. The lowest BCUT2D eigenvalue weighted by molar-refractivity contribution is 0.129. The topological polar surface area (TPSA) is 35.2 Å². The third kappa shape index (κ3) is 33.9. The molecule has 0 amide bonds. The number of rotatable bonds is 32. The number of ether oxygens (including phenoxy) is 1. The second kappa shape index (κ2) is 33.9. The Balaban J connectivity index is 3.00. The van der Waals surface area contributed by atoms with Gasteiger partial charge in [0.2, 0.25) is 0 Å². The fourth-order valence-corrected chi connectivity index (χ4v) is 5.16. The van der Waals surface area contributed by atoms with Crippen molar-refractivity contribution in [2.24, 2.45) is 5.73 Å². The maximum Gasteiger partial charge on any atom is 0.0478 e. The predicted octanol–water partition coefficient (Wildman–Crippen LogP) is 11.3. The number of hydrogen-bond acceptors (Lipinski definition) is 2. The van der Waals surface area contributed by atoms with E-state index in [0.29, 0.717) is 0 Å². The van der Waals surface area contributed by atoms with Crippen LogP contribution in [0.4, 0.5) is 0 Å². The predicted molar refractivity (Wildman–Crippen MR) is 159 cm³/mol. The molecule has 0 aromatic rings. The lowest BCUT2D eigenvalue weighted by Gasteiger charge is -2.05. The monoisotopic (exact) mass is 496 g/mol. The van der Waals surface area contributed by atoms with Crippen molar-refractivity contribution in [3.8, 4) is 0 Å². The van der Waals surface area contributed by atoms with E-state index in [1.165, 1.54) is 180 Å². The van der Waals surface area contributed by atoms with Crippen LogP contribution in [0.1, 0.15) is 193 Å².